The molecule has 2 rings (SSSR count). The molecule has 0 heterocycles. The highest BCUT2D eigenvalue weighted by molar-refractivity contribution is 7.98. The summed E-state index contributed by atoms with van der Waals surface area (Å²) < 4.78 is 10.2. The van der Waals surface area contributed by atoms with Gasteiger partial charge >= 0.3 is 5.97 Å². The Kier molecular flexibility index (Phi) is 7.46. The quantitative estimate of drug-likeness (QED) is 0.426. The number of ketones is 2. The topological polar surface area (TPSA) is 159 Å². The number of fused-ring (bicyclic) bond motifs is 1. The number of carboxylic acid groups (broad SMARTS) is 1. The van der Waals surface area contributed by atoms with E-state index in [9.17, 15) is 34.5 Å². The minimum Gasteiger partial charge on any atom is -0.507 e. The first-order valence-electron chi connectivity index (χ1n) is 8.65. The molecule has 1 aliphatic carbocycles. The Morgan fingerprint density at radius 2 is 1.87 bits per heavy atom. The number of phenols is 1. The zero-order valence-electron chi connectivity index (χ0n) is 16.5. The van der Waals surface area contributed by atoms with Crippen LogP contribution in [0.1, 0.15) is 33.2 Å². The van der Waals surface area contributed by atoms with Crippen LogP contribution in [0.3, 0.4) is 0 Å². The molecule has 0 fully saturated rings. The van der Waals surface area contributed by atoms with Gasteiger partial charge in [0, 0.05) is 29.6 Å². The van der Waals surface area contributed by atoms with Crippen LogP contribution in [0.4, 0.5) is 0 Å². The van der Waals surface area contributed by atoms with Gasteiger partial charge in [0.15, 0.2) is 11.5 Å². The number of benzene rings is 1. The van der Waals surface area contributed by atoms with Gasteiger partial charge in [0.05, 0.1) is 32.0 Å². The number of phenolic OH excluding ortho intramolecular Hbond substituents is 1. The van der Waals surface area contributed by atoms with Crippen molar-refractivity contribution in [3.8, 4) is 11.5 Å². The van der Waals surface area contributed by atoms with Crippen molar-refractivity contribution in [1.29, 1.82) is 0 Å². The maximum absolute atomic E-state index is 12.7. The molecule has 0 saturated carbocycles. The third-order valence-corrected chi connectivity index (χ3v) is 5.44. The van der Waals surface area contributed by atoms with E-state index in [4.69, 9.17) is 9.47 Å². The van der Waals surface area contributed by atoms with E-state index >= 15 is 0 Å². The van der Waals surface area contributed by atoms with Gasteiger partial charge in [-0.05, 0) is 6.07 Å². The molecule has 1 aromatic carbocycles. The number of thioether (sulfide) groups is 1. The second-order valence-electron chi connectivity index (χ2n) is 6.26. The lowest BCUT2D eigenvalue weighted by molar-refractivity contribution is -0.140. The third-order valence-electron chi connectivity index (χ3n) is 4.38. The fraction of sp³-hybridized carbons (Fsp3) is 0.368. The van der Waals surface area contributed by atoms with Gasteiger partial charge in [-0.2, -0.15) is 11.8 Å². The standard InChI is InChI=1S/C19H21NO9S/c1-8(22)20-12(19(26)27)7-30-6-11-13(28-2)4-9-14(16(11)24)15(23)10(5-21)18(29-3)17(9)25/h4,12,21,24H,5-7H2,1-3H3,(H,20,22)(H,26,27)/t12-/m0/s1. The van der Waals surface area contributed by atoms with Crippen LogP contribution < -0.4 is 10.1 Å². The number of hydrogen-bond donors (Lipinski definition) is 4. The fourth-order valence-corrected chi connectivity index (χ4v) is 4.05. The highest BCUT2D eigenvalue weighted by Gasteiger charge is 2.37. The lowest BCUT2D eigenvalue weighted by atomic mass is 9.86. The molecule has 0 spiro atoms. The first-order chi connectivity index (χ1) is 14.2. The van der Waals surface area contributed by atoms with Crippen LogP contribution in [0, 0.1) is 0 Å². The highest BCUT2D eigenvalue weighted by atomic mass is 32.2. The molecule has 0 radical (unpaired) electrons. The van der Waals surface area contributed by atoms with E-state index in [-0.39, 0.29) is 45.3 Å². The molecule has 0 aromatic heterocycles. The average molecular weight is 439 g/mol. The maximum atomic E-state index is 12.7. The summed E-state index contributed by atoms with van der Waals surface area (Å²) in [4.78, 5) is 47.8. The molecule has 1 amide bonds. The summed E-state index contributed by atoms with van der Waals surface area (Å²) in [6, 6.07) is 0.149. The van der Waals surface area contributed by atoms with Gasteiger partial charge in [-0.15, -0.1) is 0 Å². The second-order valence-corrected chi connectivity index (χ2v) is 7.29. The van der Waals surface area contributed by atoms with Crippen molar-refractivity contribution in [3.05, 3.63) is 34.1 Å². The van der Waals surface area contributed by atoms with E-state index in [1.165, 1.54) is 27.2 Å². The summed E-state index contributed by atoms with van der Waals surface area (Å²) in [6.45, 7) is 0.446. The summed E-state index contributed by atoms with van der Waals surface area (Å²) in [6.07, 6.45) is 0. The van der Waals surface area contributed by atoms with Crippen LogP contribution in [-0.4, -0.2) is 71.4 Å². The number of ether oxygens (including phenoxy) is 2. The third kappa shape index (κ3) is 4.41. The van der Waals surface area contributed by atoms with Gasteiger partial charge in [-0.1, -0.05) is 0 Å². The van der Waals surface area contributed by atoms with E-state index in [1.807, 2.05) is 0 Å². The Labute approximate surface area is 175 Å². The Balaban J connectivity index is 2.40. The monoisotopic (exact) mass is 439 g/mol. The Morgan fingerprint density at radius 3 is 2.37 bits per heavy atom. The maximum Gasteiger partial charge on any atom is 0.327 e. The van der Waals surface area contributed by atoms with E-state index in [0.717, 1.165) is 11.8 Å². The van der Waals surface area contributed by atoms with Crippen LogP contribution in [0.5, 0.6) is 11.5 Å². The van der Waals surface area contributed by atoms with Crippen molar-refractivity contribution in [1.82, 2.24) is 5.32 Å². The molecule has 11 heteroatoms. The summed E-state index contributed by atoms with van der Waals surface area (Å²) in [5.74, 6) is -3.82. The van der Waals surface area contributed by atoms with Crippen molar-refractivity contribution in [2.75, 3.05) is 26.6 Å². The average Bonchev–Trinajstić information content (AvgIpc) is 2.69. The molecule has 30 heavy (non-hydrogen) atoms. The van der Waals surface area contributed by atoms with Gasteiger partial charge in [-0.3, -0.25) is 14.4 Å². The molecule has 0 aliphatic heterocycles. The van der Waals surface area contributed by atoms with Crippen LogP contribution >= 0.6 is 11.8 Å². The summed E-state index contributed by atoms with van der Waals surface area (Å²) in [7, 11) is 2.51. The van der Waals surface area contributed by atoms with E-state index in [0.29, 0.717) is 0 Å². The van der Waals surface area contributed by atoms with E-state index in [1.54, 1.807) is 0 Å². The predicted molar refractivity (Wildman–Crippen MR) is 106 cm³/mol. The molecule has 1 aliphatic rings. The van der Waals surface area contributed by atoms with Crippen molar-refractivity contribution in [2.45, 2.75) is 18.7 Å². The number of carboxylic acids is 1. The molecule has 4 N–H and O–H groups in total. The number of aliphatic hydroxyl groups excluding tert-OH is 1. The number of nitrogens with one attached hydrogen (secondary N) is 1. The van der Waals surface area contributed by atoms with Crippen molar-refractivity contribution >= 4 is 35.2 Å². The van der Waals surface area contributed by atoms with Gasteiger partial charge in [0.2, 0.25) is 11.7 Å². The van der Waals surface area contributed by atoms with Gasteiger partial charge in [0.1, 0.15) is 17.5 Å². The molecule has 0 unspecified atom stereocenters. The molecule has 1 atom stereocenters. The Morgan fingerprint density at radius 1 is 1.20 bits per heavy atom. The molecule has 162 valence electrons. The zero-order valence-corrected chi connectivity index (χ0v) is 17.3. The number of amides is 1. The van der Waals surface area contributed by atoms with Crippen LogP contribution in [-0.2, 0) is 20.1 Å². The predicted octanol–water partition coefficient (Wildman–Crippen LogP) is 0.495. The largest absolute Gasteiger partial charge is 0.507 e. The zero-order chi connectivity index (χ0) is 22.6. The summed E-state index contributed by atoms with van der Waals surface area (Å²) in [5.41, 5.74) is -0.505. The summed E-state index contributed by atoms with van der Waals surface area (Å²) in [5, 5.41) is 31.7. The number of carbonyl (C=O) groups is 4. The number of hydrogen-bond acceptors (Lipinski definition) is 9. The van der Waals surface area contributed by atoms with Crippen LogP contribution in [0.15, 0.2) is 17.4 Å². The molecular formula is C19H21NO9S. The normalized spacial score (nSPS) is 14.3. The van der Waals surface area contributed by atoms with Gasteiger partial charge < -0.3 is 30.1 Å². The molecular weight excluding hydrogens is 418 g/mol. The number of aromatic hydroxyl groups is 1. The number of methoxy groups -OCH3 is 2. The lowest BCUT2D eigenvalue weighted by Crippen LogP contribution is -2.41. The van der Waals surface area contributed by atoms with E-state index in [2.05, 4.69) is 5.32 Å². The molecule has 0 bridgehead atoms. The van der Waals surface area contributed by atoms with E-state index < -0.39 is 41.8 Å². The number of aliphatic hydroxyl groups is 1. The lowest BCUT2D eigenvalue weighted by Gasteiger charge is -2.22. The van der Waals surface area contributed by atoms with Gasteiger partial charge in [0.25, 0.3) is 0 Å². The van der Waals surface area contributed by atoms with Crippen molar-refractivity contribution in [3.63, 3.8) is 0 Å². The fourth-order valence-electron chi connectivity index (χ4n) is 2.99. The van der Waals surface area contributed by atoms with Gasteiger partial charge in [-0.25, -0.2) is 4.79 Å². The number of Topliss-reactive ketones (excluding diaryl/α,β-unsaturated/α-hetero) is 2. The minimum atomic E-state index is -1.22. The Hall–Kier alpha value is -3.05. The number of aliphatic carboxylic acids is 1. The SMILES string of the molecule is COC1=C(CO)C(=O)c2c(cc(OC)c(CSC[C@H](NC(C)=O)C(=O)O)c2O)C1=O. The number of rotatable bonds is 9. The highest BCUT2D eigenvalue weighted by Crippen LogP contribution is 2.41. The molecule has 10 nitrogen and oxygen atoms in total. The smallest absolute Gasteiger partial charge is 0.327 e. The number of allylic oxidation sites excluding steroid dienone is 1. The van der Waals surface area contributed by atoms with Crippen molar-refractivity contribution in [2.24, 2.45) is 0 Å². The molecule has 0 saturated heterocycles. The Bertz CT molecular complexity index is 938. The number of carbonyl (C=O) groups excluding carboxylic acids is 3. The van der Waals surface area contributed by atoms with Crippen LogP contribution in [0.2, 0.25) is 0 Å². The van der Waals surface area contributed by atoms with Crippen molar-refractivity contribution < 1.29 is 44.0 Å². The first kappa shape index (κ1) is 23.2. The molecule has 1 aromatic rings. The second kappa shape index (κ2) is 9.63. The minimum absolute atomic E-state index is 0.0168. The van der Waals surface area contributed by atoms with Crippen LogP contribution in [0.25, 0.3) is 0 Å². The summed E-state index contributed by atoms with van der Waals surface area (Å²) >= 11 is 1.07. The first-order valence-corrected chi connectivity index (χ1v) is 9.81.